The summed E-state index contributed by atoms with van der Waals surface area (Å²) in [6.07, 6.45) is -13.8. The van der Waals surface area contributed by atoms with E-state index in [4.69, 9.17) is 11.6 Å². The Labute approximate surface area is 206 Å². The van der Waals surface area contributed by atoms with Crippen molar-refractivity contribution in [2.45, 2.75) is 57.8 Å². The van der Waals surface area contributed by atoms with Gasteiger partial charge in [0.1, 0.15) is 0 Å². The lowest BCUT2D eigenvalue weighted by Crippen LogP contribution is -2.39. The highest BCUT2D eigenvalue weighted by atomic mass is 19.4. The van der Waals surface area contributed by atoms with Crippen LogP contribution in [-0.4, -0.2) is 28.0 Å². The molecule has 1 aromatic heterocycles. The van der Waals surface area contributed by atoms with E-state index in [2.05, 4.69) is 10.1 Å². The summed E-state index contributed by atoms with van der Waals surface area (Å²) in [7, 11) is 1.24. The van der Waals surface area contributed by atoms with Gasteiger partial charge in [-0.2, -0.15) is 39.5 Å². The van der Waals surface area contributed by atoms with Crippen LogP contribution in [0.3, 0.4) is 0 Å². The first-order valence-electron chi connectivity index (χ1n) is 10.7. The number of pyridine rings is 1. The van der Waals surface area contributed by atoms with Crippen LogP contribution in [0.2, 0.25) is 0 Å². The van der Waals surface area contributed by atoms with Crippen molar-refractivity contribution in [1.29, 1.82) is 0 Å². The largest absolute Gasteiger partial charge is 0.417 e. The molecule has 4 N–H and O–H groups in total. The molecule has 0 fully saturated rings. The zero-order valence-corrected chi connectivity index (χ0v) is 19.9. The molecule has 1 aromatic carbocycles. The molecule has 15 heteroatoms. The average Bonchev–Trinajstić information content (AvgIpc) is 2.75. The van der Waals surface area contributed by atoms with Crippen molar-refractivity contribution in [3.63, 3.8) is 0 Å². The molecule has 2 rings (SSSR count). The van der Waals surface area contributed by atoms with E-state index in [0.717, 1.165) is 16.1 Å². The number of hydrogen-bond donors (Lipinski definition) is 2. The number of nitrogens with two attached hydrogens (primary N) is 2. The summed E-state index contributed by atoms with van der Waals surface area (Å²) in [5, 5.41) is 4.45. The molecular formula is C22H25F9N6. The molecule has 37 heavy (non-hydrogen) atoms. The highest BCUT2D eigenvalue weighted by Crippen LogP contribution is 2.37. The molecule has 0 saturated carbocycles. The zero-order valence-electron chi connectivity index (χ0n) is 19.9. The maximum absolute atomic E-state index is 13.4. The van der Waals surface area contributed by atoms with Crippen molar-refractivity contribution in [2.75, 3.05) is 7.05 Å². The van der Waals surface area contributed by atoms with Crippen molar-refractivity contribution >= 4 is 5.96 Å². The number of aromatic nitrogens is 1. The van der Waals surface area contributed by atoms with E-state index in [-0.39, 0.29) is 23.2 Å². The van der Waals surface area contributed by atoms with Crippen molar-refractivity contribution < 1.29 is 39.5 Å². The van der Waals surface area contributed by atoms with E-state index < -0.39 is 59.8 Å². The number of hydrazine groups is 1. The highest BCUT2D eigenvalue weighted by Gasteiger charge is 2.37. The van der Waals surface area contributed by atoms with Crippen LogP contribution in [0.1, 0.15) is 59.7 Å². The summed E-state index contributed by atoms with van der Waals surface area (Å²) in [6.45, 7) is 2.35. The molecule has 0 amide bonds. The monoisotopic (exact) mass is 544 g/mol. The van der Waals surface area contributed by atoms with Crippen molar-refractivity contribution in [3.8, 4) is 0 Å². The SMILES string of the molecule is CCC(C)c1ncc(C(F)(F)F)cc1CN(Cc1cc(C(F)(F)F)cc(C(F)(F)F)c1)/C(N)=N/N(C)N. The number of benzene rings is 1. The predicted octanol–water partition coefficient (Wildman–Crippen LogP) is 5.69. The number of halogens is 9. The summed E-state index contributed by atoms with van der Waals surface area (Å²) < 4.78 is 120. The Kier molecular flexibility index (Phi) is 8.94. The van der Waals surface area contributed by atoms with Gasteiger partial charge in [0.2, 0.25) is 5.96 Å². The summed E-state index contributed by atoms with van der Waals surface area (Å²) in [4.78, 5) is 4.94. The molecule has 0 aliphatic carbocycles. The lowest BCUT2D eigenvalue weighted by molar-refractivity contribution is -0.143. The Hall–Kier alpha value is -3.23. The molecule has 0 radical (unpaired) electrons. The van der Waals surface area contributed by atoms with Crippen molar-refractivity contribution in [2.24, 2.45) is 16.7 Å². The number of guanidine groups is 1. The second kappa shape index (κ2) is 11.0. The fourth-order valence-electron chi connectivity index (χ4n) is 3.42. The molecule has 6 nitrogen and oxygen atoms in total. The number of hydrogen-bond acceptors (Lipinski definition) is 4. The second-order valence-electron chi connectivity index (χ2n) is 8.38. The molecular weight excluding hydrogens is 519 g/mol. The van der Waals surface area contributed by atoms with E-state index in [1.807, 2.05) is 0 Å². The van der Waals surface area contributed by atoms with E-state index in [0.29, 0.717) is 24.8 Å². The fourth-order valence-corrected chi connectivity index (χ4v) is 3.42. The smallest absolute Gasteiger partial charge is 0.368 e. The lowest BCUT2D eigenvalue weighted by Gasteiger charge is -2.27. The van der Waals surface area contributed by atoms with Gasteiger partial charge in [0.05, 0.1) is 16.7 Å². The first-order chi connectivity index (χ1) is 16.8. The zero-order chi connectivity index (χ0) is 28.3. The Morgan fingerprint density at radius 3 is 1.84 bits per heavy atom. The first-order valence-corrected chi connectivity index (χ1v) is 10.7. The third-order valence-corrected chi connectivity index (χ3v) is 5.37. The molecule has 2 aromatic rings. The van der Waals surface area contributed by atoms with Gasteiger partial charge in [-0.15, -0.1) is 5.10 Å². The molecule has 1 unspecified atom stereocenters. The van der Waals surface area contributed by atoms with Gasteiger partial charge in [0.25, 0.3) is 0 Å². The Morgan fingerprint density at radius 1 is 0.892 bits per heavy atom. The topological polar surface area (TPSA) is 83.8 Å². The van der Waals surface area contributed by atoms with Crippen LogP contribution in [0.5, 0.6) is 0 Å². The van der Waals surface area contributed by atoms with Gasteiger partial charge < -0.3 is 10.6 Å². The van der Waals surface area contributed by atoms with E-state index in [1.54, 1.807) is 13.8 Å². The van der Waals surface area contributed by atoms with Crippen molar-refractivity contribution in [1.82, 2.24) is 15.0 Å². The molecule has 0 spiro atoms. The molecule has 0 saturated heterocycles. The van der Waals surface area contributed by atoms with Gasteiger partial charge in [-0.05, 0) is 47.7 Å². The van der Waals surface area contributed by atoms with Crippen LogP contribution >= 0.6 is 0 Å². The van der Waals surface area contributed by atoms with Gasteiger partial charge >= 0.3 is 18.5 Å². The molecule has 0 aliphatic rings. The van der Waals surface area contributed by atoms with Gasteiger partial charge in [0, 0.05) is 32.0 Å². The van der Waals surface area contributed by atoms with Crippen LogP contribution in [0.4, 0.5) is 39.5 Å². The van der Waals surface area contributed by atoms with E-state index in [9.17, 15) is 39.5 Å². The summed E-state index contributed by atoms with van der Waals surface area (Å²) in [5.74, 6) is 4.67. The summed E-state index contributed by atoms with van der Waals surface area (Å²) in [6, 6.07) is 1.79. The normalized spacial score (nSPS) is 14.0. The third-order valence-electron chi connectivity index (χ3n) is 5.37. The third kappa shape index (κ3) is 8.13. The molecule has 0 bridgehead atoms. The van der Waals surface area contributed by atoms with Gasteiger partial charge in [-0.3, -0.25) is 4.98 Å². The second-order valence-corrected chi connectivity index (χ2v) is 8.38. The highest BCUT2D eigenvalue weighted by molar-refractivity contribution is 5.77. The quantitative estimate of drug-likeness (QED) is 0.154. The Balaban J connectivity index is 2.65. The molecule has 0 aliphatic heterocycles. The standard InChI is InChI=1S/C22H25F9N6/c1-4-12(2)18-14(7-17(9-34-18)22(29,30)31)11-37(19(32)35-36(3)33)10-13-5-15(20(23,24)25)8-16(6-13)21(26,27)28/h5-9,12H,4,10-11,33H2,1-3H3,(H2,32,35). The maximum Gasteiger partial charge on any atom is 0.417 e. The molecule has 206 valence electrons. The molecule has 1 heterocycles. The van der Waals surface area contributed by atoms with Gasteiger partial charge in [-0.25, -0.2) is 11.0 Å². The number of nitrogens with zero attached hydrogens (tertiary/aromatic N) is 4. The van der Waals surface area contributed by atoms with E-state index in [1.165, 1.54) is 7.05 Å². The lowest BCUT2D eigenvalue weighted by atomic mass is 9.97. The van der Waals surface area contributed by atoms with Crippen molar-refractivity contribution in [3.05, 3.63) is 64.0 Å². The summed E-state index contributed by atoms with van der Waals surface area (Å²) in [5.41, 5.74) is 1.55. The molecule has 1 atom stereocenters. The van der Waals surface area contributed by atoms with Crippen LogP contribution in [0.25, 0.3) is 0 Å². The fraction of sp³-hybridized carbons (Fsp3) is 0.455. The number of alkyl halides is 9. The van der Waals surface area contributed by atoms with Crippen LogP contribution < -0.4 is 11.6 Å². The number of rotatable bonds is 7. The Morgan fingerprint density at radius 2 is 1.41 bits per heavy atom. The summed E-state index contributed by atoms with van der Waals surface area (Å²) >= 11 is 0. The Bertz CT molecular complexity index is 1080. The van der Waals surface area contributed by atoms with Crippen LogP contribution in [0.15, 0.2) is 35.6 Å². The average molecular weight is 544 g/mol. The predicted molar refractivity (Wildman–Crippen MR) is 117 cm³/mol. The minimum atomic E-state index is -5.09. The number of hydrazone groups is 1. The van der Waals surface area contributed by atoms with E-state index >= 15 is 0 Å². The van der Waals surface area contributed by atoms with Crippen LogP contribution in [-0.2, 0) is 31.6 Å². The van der Waals surface area contributed by atoms with Crippen LogP contribution in [0, 0.1) is 0 Å². The minimum absolute atomic E-state index is 0.0185. The first kappa shape index (κ1) is 30.0. The maximum atomic E-state index is 13.4. The van der Waals surface area contributed by atoms with Gasteiger partial charge in [0.15, 0.2) is 0 Å². The van der Waals surface area contributed by atoms with Gasteiger partial charge in [-0.1, -0.05) is 13.8 Å². The minimum Gasteiger partial charge on any atom is -0.368 e.